The third kappa shape index (κ3) is 3.96. The summed E-state index contributed by atoms with van der Waals surface area (Å²) in [5.74, 6) is -0.520. The average Bonchev–Trinajstić information content (AvgIpc) is 2.36. The summed E-state index contributed by atoms with van der Waals surface area (Å²) in [4.78, 5) is 13.0. The van der Waals surface area contributed by atoms with Gasteiger partial charge in [-0.15, -0.1) is 0 Å². The number of phenols is 1. The van der Waals surface area contributed by atoms with Crippen molar-refractivity contribution in [2.24, 2.45) is 0 Å². The molecule has 1 rings (SSSR count). The summed E-state index contributed by atoms with van der Waals surface area (Å²) in [5.41, 5.74) is 0.865. The zero-order chi connectivity index (χ0) is 14.4. The van der Waals surface area contributed by atoms with Crippen LogP contribution in [0.5, 0.6) is 5.75 Å². The van der Waals surface area contributed by atoms with E-state index in [1.807, 2.05) is 32.9 Å². The normalized spacial score (nSPS) is 14.3. The van der Waals surface area contributed by atoms with Crippen LogP contribution in [0.1, 0.15) is 45.2 Å². The minimum Gasteiger partial charge on any atom is -0.508 e. The maximum absolute atomic E-state index is 10.9. The molecule has 0 saturated carbocycles. The summed E-state index contributed by atoms with van der Waals surface area (Å²) in [6.45, 7) is 6.73. The lowest BCUT2D eigenvalue weighted by Gasteiger charge is -2.35. The van der Waals surface area contributed by atoms with Crippen LogP contribution in [-0.4, -0.2) is 33.7 Å². The van der Waals surface area contributed by atoms with Gasteiger partial charge in [0.1, 0.15) is 5.75 Å². The molecule has 0 fully saturated rings. The molecule has 0 radical (unpaired) electrons. The van der Waals surface area contributed by atoms with Crippen LogP contribution < -0.4 is 0 Å². The van der Waals surface area contributed by atoms with Gasteiger partial charge in [0.05, 0.1) is 6.42 Å². The zero-order valence-corrected chi connectivity index (χ0v) is 11.8. The van der Waals surface area contributed by atoms with Gasteiger partial charge in [0.15, 0.2) is 0 Å². The molecule has 0 amide bonds. The molecular formula is C15H23NO3. The SMILES string of the molecule is CCC(c1ccccc1O)N(CC)C(C)CC(=O)O. The molecule has 1 aromatic carbocycles. The molecule has 4 heteroatoms. The van der Waals surface area contributed by atoms with E-state index in [1.54, 1.807) is 12.1 Å². The highest BCUT2D eigenvalue weighted by Crippen LogP contribution is 2.32. The molecule has 0 heterocycles. The average molecular weight is 265 g/mol. The van der Waals surface area contributed by atoms with Crippen LogP contribution in [0.15, 0.2) is 24.3 Å². The number of carboxylic acids is 1. The molecule has 106 valence electrons. The monoisotopic (exact) mass is 265 g/mol. The van der Waals surface area contributed by atoms with Crippen LogP contribution in [0.4, 0.5) is 0 Å². The zero-order valence-electron chi connectivity index (χ0n) is 11.8. The van der Waals surface area contributed by atoms with Gasteiger partial charge >= 0.3 is 5.97 Å². The second kappa shape index (κ2) is 7.14. The number of phenolic OH excluding ortho intramolecular Hbond substituents is 1. The highest BCUT2D eigenvalue weighted by molar-refractivity contribution is 5.67. The quantitative estimate of drug-likeness (QED) is 0.795. The van der Waals surface area contributed by atoms with Crippen LogP contribution in [0.25, 0.3) is 0 Å². The van der Waals surface area contributed by atoms with Crippen LogP contribution in [-0.2, 0) is 4.79 Å². The Hall–Kier alpha value is -1.55. The second-order valence-corrected chi connectivity index (χ2v) is 4.76. The van der Waals surface area contributed by atoms with Gasteiger partial charge in [0, 0.05) is 17.6 Å². The van der Waals surface area contributed by atoms with Crippen LogP contribution >= 0.6 is 0 Å². The number of para-hydroxylation sites is 1. The minimum atomic E-state index is -0.793. The number of benzene rings is 1. The molecule has 2 N–H and O–H groups in total. The van der Waals surface area contributed by atoms with Crippen LogP contribution in [0.2, 0.25) is 0 Å². The lowest BCUT2D eigenvalue weighted by atomic mass is 9.99. The lowest BCUT2D eigenvalue weighted by molar-refractivity contribution is -0.138. The van der Waals surface area contributed by atoms with Gasteiger partial charge in [-0.05, 0) is 26.0 Å². The molecule has 0 saturated heterocycles. The largest absolute Gasteiger partial charge is 0.508 e. The maximum atomic E-state index is 10.9. The summed E-state index contributed by atoms with van der Waals surface area (Å²) in [6, 6.07) is 7.25. The van der Waals surface area contributed by atoms with Gasteiger partial charge in [-0.25, -0.2) is 0 Å². The van der Waals surface area contributed by atoms with Gasteiger partial charge in [-0.2, -0.15) is 0 Å². The Kier molecular flexibility index (Phi) is 5.83. The van der Waals surface area contributed by atoms with Crippen molar-refractivity contribution in [2.45, 2.75) is 45.7 Å². The van der Waals surface area contributed by atoms with E-state index >= 15 is 0 Å². The van der Waals surface area contributed by atoms with Crippen LogP contribution in [0.3, 0.4) is 0 Å². The first-order valence-corrected chi connectivity index (χ1v) is 6.76. The van der Waals surface area contributed by atoms with Crippen molar-refractivity contribution in [3.05, 3.63) is 29.8 Å². The molecule has 19 heavy (non-hydrogen) atoms. The fourth-order valence-electron chi connectivity index (χ4n) is 2.61. The van der Waals surface area contributed by atoms with Gasteiger partial charge in [-0.3, -0.25) is 9.69 Å². The topological polar surface area (TPSA) is 60.8 Å². The van der Waals surface area contributed by atoms with Crippen molar-refractivity contribution in [3.63, 3.8) is 0 Å². The molecule has 0 aliphatic rings. The third-order valence-electron chi connectivity index (χ3n) is 3.48. The number of hydrogen-bond donors (Lipinski definition) is 2. The van der Waals surface area contributed by atoms with E-state index in [1.165, 1.54) is 0 Å². The molecule has 0 aliphatic carbocycles. The number of carboxylic acid groups (broad SMARTS) is 1. The summed E-state index contributed by atoms with van der Waals surface area (Å²) < 4.78 is 0. The van der Waals surface area contributed by atoms with Gasteiger partial charge in [0.25, 0.3) is 0 Å². The highest BCUT2D eigenvalue weighted by Gasteiger charge is 2.25. The van der Waals surface area contributed by atoms with Crippen molar-refractivity contribution in [1.82, 2.24) is 4.90 Å². The first-order chi connectivity index (χ1) is 9.01. The van der Waals surface area contributed by atoms with E-state index in [4.69, 9.17) is 5.11 Å². The first kappa shape index (κ1) is 15.5. The second-order valence-electron chi connectivity index (χ2n) is 4.76. The fourth-order valence-corrected chi connectivity index (χ4v) is 2.61. The Labute approximate surface area is 114 Å². The van der Waals surface area contributed by atoms with E-state index in [2.05, 4.69) is 4.90 Å². The van der Waals surface area contributed by atoms with E-state index in [-0.39, 0.29) is 24.3 Å². The molecule has 2 unspecified atom stereocenters. The Bertz CT molecular complexity index is 420. The highest BCUT2D eigenvalue weighted by atomic mass is 16.4. The molecular weight excluding hydrogens is 242 g/mol. The minimum absolute atomic E-state index is 0.0422. The van der Waals surface area contributed by atoms with E-state index < -0.39 is 5.97 Å². The van der Waals surface area contributed by atoms with Gasteiger partial charge < -0.3 is 10.2 Å². The van der Waals surface area contributed by atoms with Gasteiger partial charge in [0.2, 0.25) is 0 Å². The number of carbonyl (C=O) groups is 1. The van der Waals surface area contributed by atoms with Crippen molar-refractivity contribution in [1.29, 1.82) is 0 Å². The predicted octanol–water partition coefficient (Wildman–Crippen LogP) is 3.03. The summed E-state index contributed by atoms with van der Waals surface area (Å²) in [6.07, 6.45) is 0.938. The number of nitrogens with zero attached hydrogens (tertiary/aromatic N) is 1. The Morgan fingerprint density at radius 1 is 1.32 bits per heavy atom. The predicted molar refractivity (Wildman–Crippen MR) is 75.2 cm³/mol. The third-order valence-corrected chi connectivity index (χ3v) is 3.48. The molecule has 2 atom stereocenters. The Morgan fingerprint density at radius 2 is 1.95 bits per heavy atom. The van der Waals surface area contributed by atoms with Gasteiger partial charge in [-0.1, -0.05) is 32.0 Å². The number of aliphatic carboxylic acids is 1. The number of hydrogen-bond acceptors (Lipinski definition) is 3. The molecule has 0 aromatic heterocycles. The number of aromatic hydroxyl groups is 1. The molecule has 1 aromatic rings. The van der Waals surface area contributed by atoms with Crippen molar-refractivity contribution >= 4 is 5.97 Å². The van der Waals surface area contributed by atoms with Crippen molar-refractivity contribution < 1.29 is 15.0 Å². The molecule has 4 nitrogen and oxygen atoms in total. The van der Waals surface area contributed by atoms with Crippen LogP contribution in [0, 0.1) is 0 Å². The summed E-state index contributed by atoms with van der Waals surface area (Å²) in [5, 5.41) is 18.9. The fraction of sp³-hybridized carbons (Fsp3) is 0.533. The van der Waals surface area contributed by atoms with E-state index in [0.717, 1.165) is 18.5 Å². The van der Waals surface area contributed by atoms with E-state index in [0.29, 0.717) is 0 Å². The molecule has 0 spiro atoms. The number of rotatable bonds is 7. The maximum Gasteiger partial charge on any atom is 0.304 e. The van der Waals surface area contributed by atoms with E-state index in [9.17, 15) is 9.90 Å². The van der Waals surface area contributed by atoms with Crippen molar-refractivity contribution in [2.75, 3.05) is 6.54 Å². The summed E-state index contributed by atoms with van der Waals surface area (Å²) >= 11 is 0. The summed E-state index contributed by atoms with van der Waals surface area (Å²) in [7, 11) is 0. The lowest BCUT2D eigenvalue weighted by Crippen LogP contribution is -2.37. The molecule has 0 aliphatic heterocycles. The van der Waals surface area contributed by atoms with Crippen molar-refractivity contribution in [3.8, 4) is 5.75 Å². The first-order valence-electron chi connectivity index (χ1n) is 6.76. The standard InChI is InChI=1S/C15H23NO3/c1-4-13(12-8-6-7-9-14(12)17)16(5-2)11(3)10-15(18)19/h6-9,11,13,17H,4-5,10H2,1-3H3,(H,18,19). The molecule has 0 bridgehead atoms. The smallest absolute Gasteiger partial charge is 0.304 e. The Balaban J connectivity index is 2.99. The Morgan fingerprint density at radius 3 is 2.42 bits per heavy atom.